The minimum atomic E-state index is 1.07. The van der Waals surface area contributed by atoms with Crippen LogP contribution in [0, 0.1) is 0 Å². The maximum Gasteiger partial charge on any atom is 0.180 e. The van der Waals surface area contributed by atoms with Crippen molar-refractivity contribution in [3.8, 4) is 0 Å². The average Bonchev–Trinajstić information content (AvgIpc) is 1.94. The summed E-state index contributed by atoms with van der Waals surface area (Å²) in [6.07, 6.45) is 6.61. The molecular formula is C6H7NO. The number of hydrogen-bond donors (Lipinski definition) is 0. The van der Waals surface area contributed by atoms with Crippen LogP contribution in [0.5, 0.6) is 0 Å². The van der Waals surface area contributed by atoms with E-state index in [0.717, 1.165) is 5.57 Å². The fraction of sp³-hybridized carbons (Fsp3) is 0.167. The lowest BCUT2D eigenvalue weighted by Crippen LogP contribution is -1.72. The molecule has 0 fully saturated rings. The highest BCUT2D eigenvalue weighted by molar-refractivity contribution is 5.50. The smallest absolute Gasteiger partial charge is 0.180 e. The minimum Gasteiger partial charge on any atom is -0.453 e. The lowest BCUT2D eigenvalue weighted by atomic mass is 10.3. The van der Waals surface area contributed by atoms with Crippen LogP contribution >= 0.6 is 0 Å². The van der Waals surface area contributed by atoms with Crippen molar-refractivity contribution in [1.82, 2.24) is 0 Å². The van der Waals surface area contributed by atoms with E-state index in [1.165, 1.54) is 6.40 Å². The molecule has 0 amide bonds. The number of hydrogen-bond acceptors (Lipinski definition) is 2. The Bertz CT molecular complexity index is 153. The predicted octanol–water partition coefficient (Wildman–Crippen LogP) is 1.46. The Morgan fingerprint density at radius 3 is 3.38 bits per heavy atom. The van der Waals surface area contributed by atoms with Gasteiger partial charge in [-0.1, -0.05) is 0 Å². The van der Waals surface area contributed by atoms with Crippen molar-refractivity contribution >= 4 is 6.40 Å². The third kappa shape index (κ3) is 1.22. The van der Waals surface area contributed by atoms with Gasteiger partial charge in [0.1, 0.15) is 0 Å². The summed E-state index contributed by atoms with van der Waals surface area (Å²) in [4.78, 5) is 3.74. The number of allylic oxidation sites excluding steroid dienone is 2. The normalized spacial score (nSPS) is 16.9. The zero-order valence-corrected chi connectivity index (χ0v) is 4.66. The Kier molecular flexibility index (Phi) is 1.47. The van der Waals surface area contributed by atoms with E-state index >= 15 is 0 Å². The summed E-state index contributed by atoms with van der Waals surface area (Å²) >= 11 is 0. The Morgan fingerprint density at radius 1 is 1.62 bits per heavy atom. The maximum atomic E-state index is 4.79. The Morgan fingerprint density at radius 2 is 2.50 bits per heavy atom. The van der Waals surface area contributed by atoms with Crippen molar-refractivity contribution in [2.45, 2.75) is 6.92 Å². The maximum absolute atomic E-state index is 4.79. The van der Waals surface area contributed by atoms with Crippen LogP contribution in [-0.4, -0.2) is 6.40 Å². The van der Waals surface area contributed by atoms with E-state index in [1.54, 1.807) is 12.5 Å². The van der Waals surface area contributed by atoms with Gasteiger partial charge in [0.05, 0.1) is 6.26 Å². The second kappa shape index (κ2) is 2.31. The Balaban J connectivity index is 2.69. The van der Waals surface area contributed by atoms with E-state index in [2.05, 4.69) is 4.99 Å². The van der Waals surface area contributed by atoms with Gasteiger partial charge in [-0.3, -0.25) is 0 Å². The van der Waals surface area contributed by atoms with Gasteiger partial charge in [0.25, 0.3) is 0 Å². The molecule has 0 aromatic heterocycles. The van der Waals surface area contributed by atoms with Crippen molar-refractivity contribution in [3.05, 3.63) is 24.1 Å². The van der Waals surface area contributed by atoms with Crippen molar-refractivity contribution < 1.29 is 4.74 Å². The first-order chi connectivity index (χ1) is 3.89. The molecule has 0 aliphatic carbocycles. The number of rotatable bonds is 0. The van der Waals surface area contributed by atoms with Gasteiger partial charge < -0.3 is 4.74 Å². The van der Waals surface area contributed by atoms with Gasteiger partial charge in [-0.15, -0.1) is 0 Å². The van der Waals surface area contributed by atoms with Gasteiger partial charge >= 0.3 is 0 Å². The van der Waals surface area contributed by atoms with Gasteiger partial charge in [-0.05, 0) is 18.6 Å². The molecule has 0 atom stereocenters. The molecule has 0 saturated heterocycles. The molecule has 0 radical (unpaired) electrons. The van der Waals surface area contributed by atoms with Gasteiger partial charge in [-0.25, -0.2) is 4.99 Å². The first-order valence-electron chi connectivity index (χ1n) is 2.40. The van der Waals surface area contributed by atoms with Crippen LogP contribution in [0.25, 0.3) is 0 Å². The van der Waals surface area contributed by atoms with E-state index < -0.39 is 0 Å². The minimum absolute atomic E-state index is 1.07. The van der Waals surface area contributed by atoms with E-state index in [4.69, 9.17) is 4.74 Å². The van der Waals surface area contributed by atoms with Gasteiger partial charge in [0.2, 0.25) is 0 Å². The second-order valence-electron chi connectivity index (χ2n) is 1.57. The van der Waals surface area contributed by atoms with Crippen molar-refractivity contribution in [1.29, 1.82) is 0 Å². The van der Waals surface area contributed by atoms with E-state index in [0.29, 0.717) is 0 Å². The summed E-state index contributed by atoms with van der Waals surface area (Å²) in [6.45, 7) is 1.95. The van der Waals surface area contributed by atoms with Crippen LogP contribution in [0.15, 0.2) is 29.1 Å². The van der Waals surface area contributed by atoms with Gasteiger partial charge in [0, 0.05) is 6.20 Å². The van der Waals surface area contributed by atoms with Gasteiger partial charge in [-0.2, -0.15) is 0 Å². The zero-order valence-electron chi connectivity index (χ0n) is 4.66. The molecule has 0 spiro atoms. The molecule has 0 unspecified atom stereocenters. The van der Waals surface area contributed by atoms with Crippen LogP contribution in [0.4, 0.5) is 0 Å². The summed E-state index contributed by atoms with van der Waals surface area (Å²) in [5, 5.41) is 0. The summed E-state index contributed by atoms with van der Waals surface area (Å²) < 4.78 is 4.79. The van der Waals surface area contributed by atoms with Gasteiger partial charge in [0.15, 0.2) is 6.40 Å². The molecule has 0 bridgehead atoms. The molecule has 2 heteroatoms. The Labute approximate surface area is 48.2 Å². The Hall–Kier alpha value is -1.05. The lowest BCUT2D eigenvalue weighted by Gasteiger charge is -1.84. The number of aliphatic imine (C=N–C) groups is 1. The molecule has 0 aromatic carbocycles. The SMILES string of the molecule is CC1=COC=NC=C1. The number of nitrogens with zero attached hydrogens (tertiary/aromatic N) is 1. The first kappa shape index (κ1) is 5.09. The molecule has 0 N–H and O–H groups in total. The van der Waals surface area contributed by atoms with Crippen molar-refractivity contribution in [2.75, 3.05) is 0 Å². The summed E-state index contributed by atoms with van der Waals surface area (Å²) in [6, 6.07) is 0. The summed E-state index contributed by atoms with van der Waals surface area (Å²) in [7, 11) is 0. The lowest BCUT2D eigenvalue weighted by molar-refractivity contribution is 0.491. The largest absolute Gasteiger partial charge is 0.453 e. The van der Waals surface area contributed by atoms with Crippen molar-refractivity contribution in [3.63, 3.8) is 0 Å². The van der Waals surface area contributed by atoms with E-state index in [1.807, 2.05) is 13.0 Å². The first-order valence-corrected chi connectivity index (χ1v) is 2.40. The molecule has 1 aliphatic heterocycles. The zero-order chi connectivity index (χ0) is 5.82. The van der Waals surface area contributed by atoms with Crippen LogP contribution < -0.4 is 0 Å². The third-order valence-electron chi connectivity index (χ3n) is 0.799. The molecule has 0 saturated carbocycles. The summed E-state index contributed by atoms with van der Waals surface area (Å²) in [5.41, 5.74) is 1.07. The standard InChI is InChI=1S/C6H7NO/c1-6-2-3-7-5-8-4-6/h2-5H,1H3. The molecule has 0 aromatic rings. The molecule has 1 rings (SSSR count). The number of ether oxygens (including phenoxy) is 1. The second-order valence-corrected chi connectivity index (χ2v) is 1.57. The molecule has 1 heterocycles. The fourth-order valence-electron chi connectivity index (χ4n) is 0.408. The van der Waals surface area contributed by atoms with E-state index in [9.17, 15) is 0 Å². The topological polar surface area (TPSA) is 21.6 Å². The fourth-order valence-corrected chi connectivity index (χ4v) is 0.408. The molecule has 8 heavy (non-hydrogen) atoms. The molecule has 1 aliphatic rings. The molecule has 42 valence electrons. The summed E-state index contributed by atoms with van der Waals surface area (Å²) in [5.74, 6) is 0. The average molecular weight is 109 g/mol. The monoisotopic (exact) mass is 109 g/mol. The van der Waals surface area contributed by atoms with Crippen molar-refractivity contribution in [2.24, 2.45) is 4.99 Å². The van der Waals surface area contributed by atoms with Crippen LogP contribution in [0.2, 0.25) is 0 Å². The third-order valence-corrected chi connectivity index (χ3v) is 0.799. The highest BCUT2D eigenvalue weighted by atomic mass is 16.5. The van der Waals surface area contributed by atoms with Crippen LogP contribution in [0.3, 0.4) is 0 Å². The molecule has 2 nitrogen and oxygen atoms in total. The molecular weight excluding hydrogens is 102 g/mol. The quantitative estimate of drug-likeness (QED) is 0.461. The van der Waals surface area contributed by atoms with E-state index in [-0.39, 0.29) is 0 Å². The predicted molar refractivity (Wildman–Crippen MR) is 32.5 cm³/mol. The van der Waals surface area contributed by atoms with Crippen LogP contribution in [0.1, 0.15) is 6.92 Å². The van der Waals surface area contributed by atoms with Crippen LogP contribution in [-0.2, 0) is 4.74 Å². The highest BCUT2D eigenvalue weighted by Crippen LogP contribution is 1.97. The highest BCUT2D eigenvalue weighted by Gasteiger charge is 1.82.